The van der Waals surface area contributed by atoms with Crippen LogP contribution in [0.3, 0.4) is 0 Å². The average molecular weight is 430 g/mol. The zero-order valence-corrected chi connectivity index (χ0v) is 17.4. The van der Waals surface area contributed by atoms with E-state index in [9.17, 15) is 18.5 Å². The molecule has 1 N–H and O–H groups in total. The van der Waals surface area contributed by atoms with E-state index in [0.29, 0.717) is 31.9 Å². The normalized spacial score (nSPS) is 15.0. The first-order chi connectivity index (χ1) is 14.4. The number of nitro benzene ring substituents is 1. The fourth-order valence-corrected chi connectivity index (χ4v) is 5.37. The van der Waals surface area contributed by atoms with E-state index in [1.807, 2.05) is 35.8 Å². The number of imidazole rings is 1. The molecule has 1 aromatic heterocycles. The van der Waals surface area contributed by atoms with Crippen molar-refractivity contribution in [3.63, 3.8) is 0 Å². The van der Waals surface area contributed by atoms with Gasteiger partial charge in [-0.25, -0.2) is 13.4 Å². The van der Waals surface area contributed by atoms with Crippen LogP contribution in [0.1, 0.15) is 18.7 Å². The van der Waals surface area contributed by atoms with Gasteiger partial charge in [0.15, 0.2) is 0 Å². The van der Waals surface area contributed by atoms with Crippen LogP contribution in [-0.4, -0.2) is 46.8 Å². The van der Waals surface area contributed by atoms with Crippen molar-refractivity contribution in [1.29, 1.82) is 0 Å². The lowest BCUT2D eigenvalue weighted by molar-refractivity contribution is -0.384. The van der Waals surface area contributed by atoms with Crippen LogP contribution in [0, 0.1) is 17.0 Å². The van der Waals surface area contributed by atoms with Crippen molar-refractivity contribution < 1.29 is 13.3 Å². The molecule has 2 aromatic carbocycles. The number of sulfonamides is 1. The van der Waals surface area contributed by atoms with Crippen molar-refractivity contribution in [2.24, 2.45) is 0 Å². The molecule has 3 aromatic rings. The second kappa shape index (κ2) is 8.04. The average Bonchev–Trinajstić information content (AvgIpc) is 3.37. The van der Waals surface area contributed by atoms with E-state index >= 15 is 0 Å². The van der Waals surface area contributed by atoms with Crippen molar-refractivity contribution in [3.8, 4) is 0 Å². The lowest BCUT2D eigenvalue weighted by Gasteiger charge is -2.16. The zero-order chi connectivity index (χ0) is 21.3. The number of nitro groups is 1. The minimum Gasteiger partial charge on any atom is -0.378 e. The van der Waals surface area contributed by atoms with Crippen molar-refractivity contribution in [1.82, 2.24) is 13.9 Å². The van der Waals surface area contributed by atoms with Gasteiger partial charge in [-0.15, -0.1) is 0 Å². The lowest BCUT2D eigenvalue weighted by atomic mass is 10.2. The van der Waals surface area contributed by atoms with Gasteiger partial charge in [0, 0.05) is 32.2 Å². The maximum Gasteiger partial charge on any atom is 0.293 e. The number of para-hydroxylation sites is 2. The summed E-state index contributed by atoms with van der Waals surface area (Å²) < 4.78 is 28.9. The number of nitrogens with one attached hydrogen (secondary N) is 1. The fourth-order valence-electron chi connectivity index (χ4n) is 3.83. The predicted octanol–water partition coefficient (Wildman–Crippen LogP) is 3.15. The van der Waals surface area contributed by atoms with E-state index in [2.05, 4.69) is 10.3 Å². The smallest absolute Gasteiger partial charge is 0.293 e. The molecule has 10 heteroatoms. The number of benzene rings is 2. The Bertz CT molecular complexity index is 1200. The molecule has 158 valence electrons. The quantitative estimate of drug-likeness (QED) is 0.456. The van der Waals surface area contributed by atoms with Crippen LogP contribution in [0.5, 0.6) is 0 Å². The number of rotatable bonds is 7. The molecule has 1 aliphatic rings. The minimum absolute atomic E-state index is 0.0434. The van der Waals surface area contributed by atoms with E-state index in [1.54, 1.807) is 0 Å². The first-order valence-corrected chi connectivity index (χ1v) is 11.3. The third-order valence-electron chi connectivity index (χ3n) is 5.36. The number of aromatic nitrogens is 2. The van der Waals surface area contributed by atoms with Gasteiger partial charge in [-0.1, -0.05) is 12.1 Å². The molecule has 0 bridgehead atoms. The monoisotopic (exact) mass is 429 g/mol. The Morgan fingerprint density at radius 2 is 1.90 bits per heavy atom. The number of hydrogen-bond donors (Lipinski definition) is 1. The van der Waals surface area contributed by atoms with E-state index in [1.165, 1.54) is 16.4 Å². The Morgan fingerprint density at radius 3 is 2.63 bits per heavy atom. The van der Waals surface area contributed by atoms with Crippen molar-refractivity contribution >= 4 is 32.4 Å². The number of nitrogens with zero attached hydrogens (tertiary/aromatic N) is 4. The van der Waals surface area contributed by atoms with Gasteiger partial charge >= 0.3 is 0 Å². The maximum absolute atomic E-state index is 12.7. The molecule has 2 heterocycles. The van der Waals surface area contributed by atoms with Crippen molar-refractivity contribution in [2.75, 3.05) is 25.0 Å². The van der Waals surface area contributed by atoms with Gasteiger partial charge in [0.25, 0.3) is 5.69 Å². The summed E-state index contributed by atoms with van der Waals surface area (Å²) in [6.07, 6.45) is 1.62. The van der Waals surface area contributed by atoms with E-state index in [0.717, 1.165) is 35.8 Å². The molecular weight excluding hydrogens is 406 g/mol. The standard InChI is InChI=1S/C20H23N5O4S/c1-15-22-18-6-2-3-7-19(18)24(15)13-10-21-17-9-8-16(14-20(17)25(26)27)30(28,29)23-11-4-5-12-23/h2-3,6-9,14,21H,4-5,10-13H2,1H3. The largest absolute Gasteiger partial charge is 0.378 e. The molecule has 0 atom stereocenters. The molecule has 1 aliphatic heterocycles. The van der Waals surface area contributed by atoms with Gasteiger partial charge in [-0.05, 0) is 44.0 Å². The molecule has 1 fully saturated rings. The summed E-state index contributed by atoms with van der Waals surface area (Å²) >= 11 is 0. The maximum atomic E-state index is 12.7. The summed E-state index contributed by atoms with van der Waals surface area (Å²) in [5.41, 5.74) is 1.95. The molecule has 0 amide bonds. The van der Waals surface area contributed by atoms with Gasteiger partial charge in [-0.2, -0.15) is 4.31 Å². The van der Waals surface area contributed by atoms with Crippen LogP contribution < -0.4 is 5.32 Å². The van der Waals surface area contributed by atoms with Crippen LogP contribution in [-0.2, 0) is 16.6 Å². The van der Waals surface area contributed by atoms with E-state index in [-0.39, 0.29) is 10.6 Å². The summed E-state index contributed by atoms with van der Waals surface area (Å²) in [4.78, 5) is 15.5. The zero-order valence-electron chi connectivity index (χ0n) is 16.6. The Kier molecular flexibility index (Phi) is 5.44. The van der Waals surface area contributed by atoms with Crippen LogP contribution >= 0.6 is 0 Å². The summed E-state index contributed by atoms with van der Waals surface area (Å²) in [7, 11) is -3.71. The lowest BCUT2D eigenvalue weighted by Crippen LogP contribution is -2.27. The van der Waals surface area contributed by atoms with Crippen LogP contribution in [0.4, 0.5) is 11.4 Å². The molecule has 0 aliphatic carbocycles. The highest BCUT2D eigenvalue weighted by Gasteiger charge is 2.29. The molecule has 0 radical (unpaired) electrons. The third-order valence-corrected chi connectivity index (χ3v) is 7.26. The highest BCUT2D eigenvalue weighted by Crippen LogP contribution is 2.30. The first kappa shape index (κ1) is 20.3. The molecule has 0 spiro atoms. The molecule has 4 rings (SSSR count). The number of aryl methyl sites for hydroxylation is 1. The predicted molar refractivity (Wildman–Crippen MR) is 114 cm³/mol. The van der Waals surface area contributed by atoms with Gasteiger partial charge in [0.05, 0.1) is 20.9 Å². The summed E-state index contributed by atoms with van der Waals surface area (Å²) in [5.74, 6) is 0.861. The van der Waals surface area contributed by atoms with Gasteiger partial charge in [-0.3, -0.25) is 10.1 Å². The highest BCUT2D eigenvalue weighted by atomic mass is 32.2. The highest BCUT2D eigenvalue weighted by molar-refractivity contribution is 7.89. The summed E-state index contributed by atoms with van der Waals surface area (Å²) in [6.45, 7) is 3.82. The second-order valence-corrected chi connectivity index (χ2v) is 9.21. The SMILES string of the molecule is Cc1nc2ccccc2n1CCNc1ccc(S(=O)(=O)N2CCCC2)cc1[N+](=O)[O-]. The van der Waals surface area contributed by atoms with Gasteiger partial charge < -0.3 is 9.88 Å². The second-order valence-electron chi connectivity index (χ2n) is 7.27. The Morgan fingerprint density at radius 1 is 1.17 bits per heavy atom. The molecule has 9 nitrogen and oxygen atoms in total. The molecule has 0 saturated carbocycles. The first-order valence-electron chi connectivity index (χ1n) is 9.82. The van der Waals surface area contributed by atoms with Crippen LogP contribution in [0.25, 0.3) is 11.0 Å². The number of hydrogen-bond acceptors (Lipinski definition) is 6. The van der Waals surface area contributed by atoms with Crippen LogP contribution in [0.15, 0.2) is 47.4 Å². The van der Waals surface area contributed by atoms with Crippen molar-refractivity contribution in [2.45, 2.75) is 31.2 Å². The summed E-state index contributed by atoms with van der Waals surface area (Å²) in [6, 6.07) is 11.8. The third kappa shape index (κ3) is 3.75. The Balaban J connectivity index is 1.54. The molecule has 0 unspecified atom stereocenters. The summed E-state index contributed by atoms with van der Waals surface area (Å²) in [5, 5.41) is 14.7. The topological polar surface area (TPSA) is 110 Å². The number of fused-ring (bicyclic) bond motifs is 1. The van der Waals surface area contributed by atoms with E-state index in [4.69, 9.17) is 0 Å². The van der Waals surface area contributed by atoms with Gasteiger partial charge in [0.2, 0.25) is 10.0 Å². The Labute approximate surface area is 174 Å². The fraction of sp³-hybridized carbons (Fsp3) is 0.350. The number of anilines is 1. The Hall–Kier alpha value is -2.98. The molecule has 30 heavy (non-hydrogen) atoms. The minimum atomic E-state index is -3.71. The van der Waals surface area contributed by atoms with Gasteiger partial charge in [0.1, 0.15) is 11.5 Å². The molecule has 1 saturated heterocycles. The molecular formula is C20H23N5O4S. The van der Waals surface area contributed by atoms with Crippen molar-refractivity contribution in [3.05, 3.63) is 58.4 Å². The van der Waals surface area contributed by atoms with E-state index < -0.39 is 14.9 Å². The van der Waals surface area contributed by atoms with Crippen LogP contribution in [0.2, 0.25) is 0 Å².